The number of nitrogens with zero attached hydrogens (tertiary/aromatic N) is 6. The first-order chi connectivity index (χ1) is 56.0. The summed E-state index contributed by atoms with van der Waals surface area (Å²) < 4.78 is 70.9. The molecule has 3 fully saturated rings. The quantitative estimate of drug-likeness (QED) is 0.0153. The maximum Gasteiger partial charge on any atom is 0.407 e. The molecule has 1 heterocycles. The number of ketones is 1. The molecule has 0 aromatic heterocycles. The maximum absolute atomic E-state index is 12.4. The average molecular weight is 1580 g/mol. The topological polar surface area (TPSA) is 457 Å². The molecule has 6 aromatic rings. The van der Waals surface area contributed by atoms with E-state index < -0.39 is 77.2 Å². The van der Waals surface area contributed by atoms with Gasteiger partial charge in [-0.1, -0.05) is 78.9 Å². The molecular weight excluding hydrogens is 1490 g/mol. The number of benzene rings is 6. The number of Topliss-reactive ketones (excluding diaryl/α,β-unsaturated/α-hetero) is 1. The van der Waals surface area contributed by atoms with Crippen molar-refractivity contribution in [1.29, 1.82) is 0 Å². The van der Waals surface area contributed by atoms with Gasteiger partial charge < -0.3 is 15.2 Å². The molecule has 602 valence electrons. The molecule has 1 aliphatic heterocycles. The van der Waals surface area contributed by atoms with E-state index in [1.54, 1.807) is 6.92 Å². The van der Waals surface area contributed by atoms with Gasteiger partial charge in [-0.2, -0.15) is 0 Å². The second kappa shape index (κ2) is 55.7. The third-order valence-corrected chi connectivity index (χ3v) is 18.6. The van der Waals surface area contributed by atoms with Crippen molar-refractivity contribution in [3.8, 4) is 11.1 Å². The number of hydrogen-bond acceptors (Lipinski definition) is 22. The molecule has 2 saturated carbocycles. The van der Waals surface area contributed by atoms with Gasteiger partial charge in [-0.05, 0) is 27.8 Å². The Morgan fingerprint density at radius 2 is 0.810 bits per heavy atom. The van der Waals surface area contributed by atoms with Gasteiger partial charge in [-0.25, -0.2) is 9.59 Å². The van der Waals surface area contributed by atoms with Gasteiger partial charge in [0.2, 0.25) is 0 Å². The molecular formula is C81H94B6N8O21. The Hall–Kier alpha value is -11.8. The van der Waals surface area contributed by atoms with Gasteiger partial charge in [-0.3, -0.25) is 0 Å². The Morgan fingerprint density at radius 1 is 0.448 bits per heavy atom. The minimum absolute atomic E-state index is 0.0306. The van der Waals surface area contributed by atoms with Crippen LogP contribution in [0.1, 0.15) is 137 Å². The third-order valence-electron chi connectivity index (χ3n) is 18.6. The van der Waals surface area contributed by atoms with E-state index in [0.29, 0.717) is 107 Å². The van der Waals surface area contributed by atoms with E-state index in [9.17, 15) is 71.7 Å². The number of rotatable bonds is 32. The predicted molar refractivity (Wildman–Crippen MR) is 440 cm³/mol. The zero-order valence-electron chi connectivity index (χ0n) is 64.7. The van der Waals surface area contributed by atoms with Crippen LogP contribution in [0.15, 0.2) is 200 Å². The summed E-state index contributed by atoms with van der Waals surface area (Å²) in [6, 6.07) is 50.4. The Morgan fingerprint density at radius 3 is 1.21 bits per heavy atom. The van der Waals surface area contributed by atoms with Crippen LogP contribution >= 0.6 is 0 Å². The standard InChI is InChI=1S/C24H21NO4.C16H21BN2O2.C11H12BNO2.C10H10BNO3.C8H12BNO3.C7H10BNO4.C5H8BNO3/c26-23(27)22(14-16-8-2-1-3-9-16)25-24(28)29-15-21-19-12-6-4-10-17(19)18-11-5-7-13-20(18)21;20-16(19-14-9-5-2-6-10-14)15(18-12-17-21)11-13-7-3-1-4-8-13;1-9(14)11(13-8-12-15)7-10-5-3-2-4-6-10;13-10(14)9(12-7-11-15)6-8-4-2-1-3-5-8;11-7(12)8(10-6-9-13)4-2-1-3-5-8;10-6(11)7(9-5-8-12)1-3-13-4-2-7;1-2-4(5(8)9)7-3-6-10/h1-13,21-22H,14-15H2,(H,25,28)(H,26,27);1,3-4,7-8,12,14-15H,2,5-6,9-11H2,(H,19,20);2-6,8,11H,7H2,1H3;1-5,7,9H,6H2,(H,13,14);6H,1-5H2,(H,11,12);5H,1-4H2,(H,10,11);3-4H,2H2,1H3,(H,8,9)/t22-;;11-;9-;;;4-/m1.01..1/s1. The van der Waals surface area contributed by atoms with Crippen molar-refractivity contribution >= 4 is 127 Å². The second-order valence-corrected chi connectivity index (χ2v) is 26.6. The summed E-state index contributed by atoms with van der Waals surface area (Å²) in [5, 5.41) is 50.1. The summed E-state index contributed by atoms with van der Waals surface area (Å²) in [5.41, 5.74) is 6.16. The van der Waals surface area contributed by atoms with Crippen LogP contribution < -0.4 is 10.6 Å². The Bertz CT molecular complexity index is 4130. The van der Waals surface area contributed by atoms with Gasteiger partial charge in [-0.15, -0.1) is 0 Å². The van der Waals surface area contributed by atoms with Crippen LogP contribution in [0.25, 0.3) is 11.1 Å². The number of nitrogens with one attached hydrogen (secondary N) is 2. The van der Waals surface area contributed by atoms with Crippen LogP contribution in [0, 0.1) is 0 Å². The first-order valence-corrected chi connectivity index (χ1v) is 37.7. The van der Waals surface area contributed by atoms with Crippen LogP contribution in [-0.4, -0.2) is 220 Å². The number of aliphatic carboxylic acids is 5. The van der Waals surface area contributed by atoms with E-state index in [0.717, 1.165) is 107 Å². The molecule has 1 saturated heterocycles. The van der Waals surface area contributed by atoms with Crippen molar-refractivity contribution in [2.24, 2.45) is 30.0 Å². The molecule has 1 unspecified atom stereocenters. The fourth-order valence-corrected chi connectivity index (χ4v) is 12.5. The van der Waals surface area contributed by atoms with Gasteiger partial charge in [0.05, 0.1) is 0 Å². The molecule has 3 aliphatic carbocycles. The molecule has 6 aromatic carbocycles. The van der Waals surface area contributed by atoms with E-state index in [1.165, 1.54) is 32.3 Å². The zero-order valence-corrected chi connectivity index (χ0v) is 64.7. The summed E-state index contributed by atoms with van der Waals surface area (Å²) in [6.45, 7) is 4.08. The number of carboxylic acid groups (broad SMARTS) is 5. The molecule has 0 radical (unpaired) electrons. The Balaban J connectivity index is 0.000000294. The van der Waals surface area contributed by atoms with Crippen molar-refractivity contribution in [3.63, 3.8) is 0 Å². The van der Waals surface area contributed by atoms with Crippen LogP contribution in [0.4, 0.5) is 4.79 Å². The third kappa shape index (κ3) is 35.7. The molecule has 4 aliphatic rings. The summed E-state index contributed by atoms with van der Waals surface area (Å²) in [6.07, 6.45) is 17.8. The number of carboxylic acids is 5. The Kier molecular flexibility index (Phi) is 46.4. The van der Waals surface area contributed by atoms with E-state index >= 15 is 0 Å². The summed E-state index contributed by atoms with van der Waals surface area (Å²) >= 11 is 0. The number of aliphatic imine (C=N–C) groups is 6. The van der Waals surface area contributed by atoms with Gasteiger partial charge in [0.15, 0.2) is 0 Å². The van der Waals surface area contributed by atoms with E-state index in [-0.39, 0.29) is 36.7 Å². The van der Waals surface area contributed by atoms with Crippen LogP contribution in [0.2, 0.25) is 0 Å². The van der Waals surface area contributed by atoms with Crippen molar-refractivity contribution in [1.82, 2.24) is 10.6 Å². The minimum atomic E-state index is -1.14. The smallest absolute Gasteiger partial charge is 0.407 e. The summed E-state index contributed by atoms with van der Waals surface area (Å²) in [4.78, 5) is 113. The Labute approximate surface area is 676 Å². The molecule has 29 nitrogen and oxygen atoms in total. The average Bonchev–Trinajstić information content (AvgIpc) is 1.61. The second-order valence-electron chi connectivity index (χ2n) is 26.6. The van der Waals surface area contributed by atoms with Gasteiger partial charge >= 0.3 is 523 Å². The largest absolute Gasteiger partial charge is 0.480 e. The normalized spacial score (nSPS) is 15.5. The number of ether oxygens (including phenoxy) is 2. The first-order valence-electron chi connectivity index (χ1n) is 37.7. The van der Waals surface area contributed by atoms with Crippen LogP contribution in [-0.2, 0) is 96.9 Å². The number of fused-ring (bicyclic) bond motifs is 3. The number of amides is 2. The van der Waals surface area contributed by atoms with Crippen LogP contribution in [0.5, 0.6) is 0 Å². The van der Waals surface area contributed by atoms with Gasteiger partial charge in [0.25, 0.3) is 0 Å². The van der Waals surface area contributed by atoms with E-state index in [4.69, 9.17) is 29.9 Å². The number of carbonyl (C=O) groups excluding carboxylic acids is 3. The van der Waals surface area contributed by atoms with Crippen LogP contribution in [0.3, 0.4) is 0 Å². The number of hydrogen-bond donors (Lipinski definition) is 7. The van der Waals surface area contributed by atoms with Crippen molar-refractivity contribution < 1.29 is 102 Å². The SMILES string of the molecule is CC(=O)[C@H](Cc1ccccc1)N=CB=O.CC[C@@H](N=CB=O)C(=O)O.O=BC=NC(Cc1ccccc1)C(=O)NC1CCCCC1.O=BC=NC1(C(=O)O)CCCCC1.O=BC=NC1(C(=O)O)CCOCC1.O=BC=N[C@H](Cc1ccccc1)C(=O)O.O=C(N[C@H](Cc1ccccc1)C(=O)O)OCC1c2ccccc2-c2ccccc21. The fourth-order valence-electron chi connectivity index (χ4n) is 12.5. The molecule has 2 amide bonds. The monoisotopic (exact) mass is 1580 g/mol. The molecule has 0 spiro atoms. The maximum atomic E-state index is 12.4. The number of carbonyl (C=O) groups is 8. The van der Waals surface area contributed by atoms with Crippen molar-refractivity contribution in [3.05, 3.63) is 203 Å². The predicted octanol–water partition coefficient (Wildman–Crippen LogP) is 8.85. The van der Waals surface area contributed by atoms with Gasteiger partial charge in [0, 0.05) is 12.3 Å². The molecule has 7 N–H and O–H groups in total. The first kappa shape index (κ1) is 96.6. The molecule has 0 bridgehead atoms. The van der Waals surface area contributed by atoms with E-state index in [1.807, 2.05) is 158 Å². The molecule has 35 heteroatoms. The summed E-state index contributed by atoms with van der Waals surface area (Å²) in [5.74, 6) is -5.20. The minimum Gasteiger partial charge on any atom is -0.480 e. The summed E-state index contributed by atoms with van der Waals surface area (Å²) in [7, 11) is 3.15. The fraction of sp³-hybridized carbons (Fsp3) is 0.383. The van der Waals surface area contributed by atoms with Crippen molar-refractivity contribution in [2.75, 3.05) is 19.8 Å². The van der Waals surface area contributed by atoms with Gasteiger partial charge in [0.1, 0.15) is 12.6 Å². The molecule has 5 atom stereocenters. The zero-order chi connectivity index (χ0) is 84.8. The molecule has 10 rings (SSSR count). The van der Waals surface area contributed by atoms with Crippen molar-refractivity contribution in [2.45, 2.75) is 176 Å². The number of alkyl carbamates (subject to hydrolysis) is 1. The molecule has 116 heavy (non-hydrogen) atoms. The van der Waals surface area contributed by atoms with E-state index in [2.05, 4.69) is 52.7 Å².